The predicted octanol–water partition coefficient (Wildman–Crippen LogP) is 2.68. The van der Waals surface area contributed by atoms with Crippen molar-refractivity contribution in [2.75, 3.05) is 0 Å². The molecule has 2 aliphatic carbocycles. The smallest absolute Gasteiger partial charge is 0.267 e. The van der Waals surface area contributed by atoms with Gasteiger partial charge in [-0.1, -0.05) is 30.4 Å². The molecule has 18 heavy (non-hydrogen) atoms. The van der Waals surface area contributed by atoms with Gasteiger partial charge in [0.1, 0.15) is 0 Å². The van der Waals surface area contributed by atoms with Crippen LogP contribution < -0.4 is 5.43 Å². The number of hydrogen-bond acceptors (Lipinski definition) is 2. The highest BCUT2D eigenvalue weighted by atomic mass is 16.2. The summed E-state index contributed by atoms with van der Waals surface area (Å²) in [4.78, 5) is 12.0. The molecule has 1 aromatic rings. The molecule has 0 saturated heterocycles. The van der Waals surface area contributed by atoms with E-state index in [1.54, 1.807) is 0 Å². The summed E-state index contributed by atoms with van der Waals surface area (Å²) in [5.74, 6) is 1.09. The van der Waals surface area contributed by atoms with E-state index >= 15 is 0 Å². The number of carbonyl (C=O) groups is 1. The fraction of sp³-hybridized carbons (Fsp3) is 0.333. The van der Waals surface area contributed by atoms with Crippen molar-refractivity contribution >= 4 is 11.6 Å². The van der Waals surface area contributed by atoms with Gasteiger partial charge in [-0.25, -0.2) is 5.43 Å². The van der Waals surface area contributed by atoms with Crippen LogP contribution in [0.5, 0.6) is 0 Å². The van der Waals surface area contributed by atoms with E-state index in [1.807, 2.05) is 31.2 Å². The fourth-order valence-corrected chi connectivity index (χ4v) is 2.67. The molecule has 1 fully saturated rings. The van der Waals surface area contributed by atoms with Gasteiger partial charge in [0.05, 0.1) is 0 Å². The van der Waals surface area contributed by atoms with E-state index in [9.17, 15) is 4.79 Å². The molecular formula is C15H16N2O. The van der Waals surface area contributed by atoms with Gasteiger partial charge in [0.25, 0.3) is 5.91 Å². The van der Waals surface area contributed by atoms with E-state index in [-0.39, 0.29) is 5.91 Å². The molecule has 1 amide bonds. The number of fused-ring (bicyclic) bond motifs is 1. The largest absolute Gasteiger partial charge is 0.271 e. The SMILES string of the molecule is Cc1ccccc1C(=O)N/N=C1/C[C@@H]2C=CC[C@@H]12. The lowest BCUT2D eigenvalue weighted by Gasteiger charge is -2.31. The van der Waals surface area contributed by atoms with Crippen LogP contribution in [0, 0.1) is 18.8 Å². The second-order valence-electron chi connectivity index (χ2n) is 5.00. The third-order valence-electron chi connectivity index (χ3n) is 3.85. The number of nitrogens with one attached hydrogen (secondary N) is 1. The highest BCUT2D eigenvalue weighted by molar-refractivity contribution is 5.98. The lowest BCUT2D eigenvalue weighted by atomic mass is 9.74. The average molecular weight is 240 g/mol. The Kier molecular flexibility index (Phi) is 2.74. The van der Waals surface area contributed by atoms with Gasteiger partial charge in [-0.2, -0.15) is 5.10 Å². The van der Waals surface area contributed by atoms with Gasteiger partial charge in [0.15, 0.2) is 0 Å². The Balaban J connectivity index is 1.66. The molecule has 3 nitrogen and oxygen atoms in total. The molecule has 0 spiro atoms. The summed E-state index contributed by atoms with van der Waals surface area (Å²) >= 11 is 0. The monoisotopic (exact) mass is 240 g/mol. The molecular weight excluding hydrogens is 224 g/mol. The molecule has 0 radical (unpaired) electrons. The maximum atomic E-state index is 12.0. The molecule has 0 unspecified atom stereocenters. The van der Waals surface area contributed by atoms with E-state index in [4.69, 9.17) is 0 Å². The molecule has 0 heterocycles. The molecule has 1 N–H and O–H groups in total. The van der Waals surface area contributed by atoms with Crippen molar-refractivity contribution in [3.8, 4) is 0 Å². The predicted molar refractivity (Wildman–Crippen MR) is 71.4 cm³/mol. The van der Waals surface area contributed by atoms with E-state index in [2.05, 4.69) is 22.7 Å². The Morgan fingerprint density at radius 2 is 2.22 bits per heavy atom. The number of hydrazone groups is 1. The summed E-state index contributed by atoms with van der Waals surface area (Å²) in [6, 6.07) is 7.56. The van der Waals surface area contributed by atoms with Crippen LogP contribution in [0.15, 0.2) is 41.5 Å². The Labute approximate surface area is 107 Å². The second-order valence-corrected chi connectivity index (χ2v) is 5.00. The number of nitrogens with zero attached hydrogens (tertiary/aromatic N) is 1. The lowest BCUT2D eigenvalue weighted by molar-refractivity contribution is 0.0953. The maximum absolute atomic E-state index is 12.0. The summed E-state index contributed by atoms with van der Waals surface area (Å²) < 4.78 is 0. The van der Waals surface area contributed by atoms with Crippen LogP contribution in [0.1, 0.15) is 28.8 Å². The zero-order chi connectivity index (χ0) is 12.5. The molecule has 3 rings (SSSR count). The number of amides is 1. The molecule has 0 bridgehead atoms. The van der Waals surface area contributed by atoms with Gasteiger partial charge in [0.2, 0.25) is 0 Å². The Bertz CT molecular complexity index is 545. The molecule has 3 heteroatoms. The van der Waals surface area contributed by atoms with E-state index in [0.717, 1.165) is 24.1 Å². The minimum absolute atomic E-state index is 0.116. The number of allylic oxidation sites excluding steroid dienone is 2. The first-order valence-corrected chi connectivity index (χ1v) is 6.35. The van der Waals surface area contributed by atoms with Gasteiger partial charge < -0.3 is 0 Å². The first-order chi connectivity index (χ1) is 8.75. The minimum atomic E-state index is -0.116. The number of benzene rings is 1. The third-order valence-corrected chi connectivity index (χ3v) is 3.85. The summed E-state index contributed by atoms with van der Waals surface area (Å²) in [6.07, 6.45) is 6.53. The van der Waals surface area contributed by atoms with Crippen LogP contribution in [0.2, 0.25) is 0 Å². The molecule has 92 valence electrons. The van der Waals surface area contributed by atoms with Crippen molar-refractivity contribution in [1.82, 2.24) is 5.43 Å². The number of carbonyl (C=O) groups excluding carboxylic acids is 1. The Morgan fingerprint density at radius 3 is 3.00 bits per heavy atom. The van der Waals surface area contributed by atoms with Crippen molar-refractivity contribution in [2.45, 2.75) is 19.8 Å². The van der Waals surface area contributed by atoms with Crippen LogP contribution in [-0.4, -0.2) is 11.6 Å². The lowest BCUT2D eigenvalue weighted by Crippen LogP contribution is -2.35. The molecule has 0 aromatic heterocycles. The summed E-state index contributed by atoms with van der Waals surface area (Å²) in [5.41, 5.74) is 5.48. The highest BCUT2D eigenvalue weighted by Gasteiger charge is 2.37. The summed E-state index contributed by atoms with van der Waals surface area (Å²) in [6.45, 7) is 1.93. The molecule has 2 aliphatic rings. The number of aryl methyl sites for hydroxylation is 1. The minimum Gasteiger partial charge on any atom is -0.267 e. The second kappa shape index (κ2) is 4.41. The standard InChI is InChI=1S/C15H16N2O/c1-10-5-2-3-7-12(10)15(18)17-16-14-9-11-6-4-8-13(11)14/h2-7,11,13H,8-9H2,1H3,(H,17,18)/b16-14-/t11-,13+/m0/s1. The number of hydrogen-bond donors (Lipinski definition) is 1. The zero-order valence-electron chi connectivity index (χ0n) is 10.4. The van der Waals surface area contributed by atoms with Crippen molar-refractivity contribution < 1.29 is 4.79 Å². The van der Waals surface area contributed by atoms with Crippen LogP contribution >= 0.6 is 0 Å². The zero-order valence-corrected chi connectivity index (χ0v) is 10.4. The summed E-state index contributed by atoms with van der Waals surface area (Å²) in [7, 11) is 0. The number of rotatable bonds is 2. The maximum Gasteiger partial charge on any atom is 0.271 e. The van der Waals surface area contributed by atoms with Crippen LogP contribution in [-0.2, 0) is 0 Å². The topological polar surface area (TPSA) is 41.5 Å². The Morgan fingerprint density at radius 1 is 1.39 bits per heavy atom. The van der Waals surface area contributed by atoms with E-state index in [0.29, 0.717) is 17.4 Å². The molecule has 2 atom stereocenters. The van der Waals surface area contributed by atoms with Crippen molar-refractivity contribution in [3.63, 3.8) is 0 Å². The quantitative estimate of drug-likeness (QED) is 0.626. The Hall–Kier alpha value is -1.90. The van der Waals surface area contributed by atoms with E-state index < -0.39 is 0 Å². The fourth-order valence-electron chi connectivity index (χ4n) is 2.67. The van der Waals surface area contributed by atoms with Crippen LogP contribution in [0.25, 0.3) is 0 Å². The normalized spacial score (nSPS) is 26.8. The third kappa shape index (κ3) is 1.86. The molecule has 1 saturated carbocycles. The van der Waals surface area contributed by atoms with Gasteiger partial charge >= 0.3 is 0 Å². The molecule has 0 aliphatic heterocycles. The van der Waals surface area contributed by atoms with Gasteiger partial charge in [-0.3, -0.25) is 4.79 Å². The highest BCUT2D eigenvalue weighted by Crippen LogP contribution is 2.40. The van der Waals surface area contributed by atoms with Crippen LogP contribution in [0.3, 0.4) is 0 Å². The first-order valence-electron chi connectivity index (χ1n) is 6.35. The van der Waals surface area contributed by atoms with E-state index in [1.165, 1.54) is 0 Å². The van der Waals surface area contributed by atoms with Crippen molar-refractivity contribution in [1.29, 1.82) is 0 Å². The van der Waals surface area contributed by atoms with Gasteiger partial charge in [-0.15, -0.1) is 0 Å². The average Bonchev–Trinajstić information content (AvgIpc) is 2.71. The van der Waals surface area contributed by atoms with Gasteiger partial charge in [-0.05, 0) is 37.3 Å². The summed E-state index contributed by atoms with van der Waals surface area (Å²) in [5, 5.41) is 4.27. The van der Waals surface area contributed by atoms with Gasteiger partial charge in [0, 0.05) is 17.2 Å². The first kappa shape index (κ1) is 11.2. The van der Waals surface area contributed by atoms with Crippen molar-refractivity contribution in [2.24, 2.45) is 16.9 Å². The van der Waals surface area contributed by atoms with Crippen LogP contribution in [0.4, 0.5) is 0 Å². The van der Waals surface area contributed by atoms with Crippen molar-refractivity contribution in [3.05, 3.63) is 47.5 Å². The molecule has 1 aromatic carbocycles.